The van der Waals surface area contributed by atoms with Crippen LogP contribution < -0.4 is 10.6 Å². The largest absolute Gasteiger partial charge is 0.322 e. The Morgan fingerprint density at radius 2 is 1.58 bits per heavy atom. The maximum atomic E-state index is 13.0. The van der Waals surface area contributed by atoms with Crippen molar-refractivity contribution >= 4 is 82.4 Å². The van der Waals surface area contributed by atoms with Gasteiger partial charge >= 0.3 is 0 Å². The van der Waals surface area contributed by atoms with Crippen molar-refractivity contribution in [1.82, 2.24) is 0 Å². The number of rotatable bonds is 6. The number of thiol groups is 1. The van der Waals surface area contributed by atoms with Gasteiger partial charge in [0.1, 0.15) is 0 Å². The van der Waals surface area contributed by atoms with Crippen molar-refractivity contribution in [2.75, 3.05) is 16.9 Å². The predicted octanol–water partition coefficient (Wildman–Crippen LogP) is 7.30. The molecule has 0 saturated heterocycles. The number of hydrogen-bond acceptors (Lipinski definition) is 4. The zero-order valence-electron chi connectivity index (χ0n) is 16.2. The lowest BCUT2D eigenvalue weighted by Crippen LogP contribution is -2.19. The minimum absolute atomic E-state index is 0.202. The third-order valence-electron chi connectivity index (χ3n) is 4.30. The van der Waals surface area contributed by atoms with E-state index in [2.05, 4.69) is 23.3 Å². The van der Waals surface area contributed by atoms with Gasteiger partial charge in [-0.25, -0.2) is 0 Å². The molecule has 2 amide bonds. The summed E-state index contributed by atoms with van der Waals surface area (Å²) in [5, 5.41) is 6.77. The van der Waals surface area contributed by atoms with Gasteiger partial charge in [-0.1, -0.05) is 40.9 Å². The molecule has 3 aromatic rings. The zero-order valence-corrected chi connectivity index (χ0v) is 20.2. The van der Waals surface area contributed by atoms with Crippen molar-refractivity contribution in [1.29, 1.82) is 0 Å². The van der Waals surface area contributed by atoms with E-state index < -0.39 is 11.8 Å². The highest BCUT2D eigenvalue weighted by molar-refractivity contribution is 7.97. The first-order chi connectivity index (χ1) is 14.8. The molecule has 160 valence electrons. The van der Waals surface area contributed by atoms with Gasteiger partial charge in [0.25, 0.3) is 11.8 Å². The van der Waals surface area contributed by atoms with Gasteiger partial charge < -0.3 is 10.6 Å². The standard InChI is InChI=1S/C22H17Cl3N2O2S2/c1-31-11-12-2-9-18(30)19(20(12)25)22(29)27-17-8-5-14(24)10-16(17)21(28)26-15-6-3-13(23)4-7-15/h2-10,30H,11H2,1H3,(H,26,28)(H,27,29). The number of carbonyl (C=O) groups is 2. The Balaban J connectivity index is 1.90. The zero-order chi connectivity index (χ0) is 22.5. The van der Waals surface area contributed by atoms with Gasteiger partial charge in [-0.05, 0) is 60.4 Å². The van der Waals surface area contributed by atoms with E-state index in [1.165, 1.54) is 6.07 Å². The molecule has 0 aliphatic heterocycles. The van der Waals surface area contributed by atoms with Crippen LogP contribution in [0.1, 0.15) is 26.3 Å². The van der Waals surface area contributed by atoms with E-state index in [9.17, 15) is 9.59 Å². The summed E-state index contributed by atoms with van der Waals surface area (Å²) in [5.74, 6) is -0.252. The fourth-order valence-corrected chi connectivity index (χ4v) is 4.42. The van der Waals surface area contributed by atoms with Crippen molar-refractivity contribution in [2.24, 2.45) is 0 Å². The van der Waals surface area contributed by atoms with Crippen LogP contribution in [0.25, 0.3) is 0 Å². The quantitative estimate of drug-likeness (QED) is 0.304. The summed E-state index contributed by atoms with van der Waals surface area (Å²) in [4.78, 5) is 26.3. The Morgan fingerprint density at radius 1 is 0.903 bits per heavy atom. The van der Waals surface area contributed by atoms with Gasteiger partial charge in [0, 0.05) is 26.4 Å². The second-order valence-electron chi connectivity index (χ2n) is 6.47. The third kappa shape index (κ3) is 5.90. The smallest absolute Gasteiger partial charge is 0.258 e. The average molecular weight is 512 g/mol. The Labute approximate surface area is 205 Å². The van der Waals surface area contributed by atoms with Crippen LogP contribution in [0.3, 0.4) is 0 Å². The highest BCUT2D eigenvalue weighted by atomic mass is 35.5. The summed E-state index contributed by atoms with van der Waals surface area (Å²) in [5.41, 5.74) is 2.12. The molecule has 0 aliphatic carbocycles. The summed E-state index contributed by atoms with van der Waals surface area (Å²) in [6, 6.07) is 14.9. The van der Waals surface area contributed by atoms with E-state index in [0.29, 0.717) is 37.1 Å². The molecule has 4 nitrogen and oxygen atoms in total. The van der Waals surface area contributed by atoms with Crippen molar-refractivity contribution in [3.63, 3.8) is 0 Å². The van der Waals surface area contributed by atoms with Gasteiger partial charge in [0.05, 0.1) is 21.8 Å². The molecule has 0 saturated carbocycles. The van der Waals surface area contributed by atoms with Gasteiger partial charge in [0.2, 0.25) is 0 Å². The molecule has 0 aliphatic rings. The molecule has 0 aromatic heterocycles. The number of carbonyl (C=O) groups excluding carboxylic acids is 2. The number of halogens is 3. The lowest BCUT2D eigenvalue weighted by Gasteiger charge is -2.15. The molecular formula is C22H17Cl3N2O2S2. The summed E-state index contributed by atoms with van der Waals surface area (Å²) in [7, 11) is 0. The highest BCUT2D eigenvalue weighted by Gasteiger charge is 2.20. The first kappa shape index (κ1) is 23.8. The first-order valence-electron chi connectivity index (χ1n) is 8.97. The molecule has 3 rings (SSSR count). The summed E-state index contributed by atoms with van der Waals surface area (Å²) >= 11 is 24.4. The number of anilines is 2. The molecular weight excluding hydrogens is 495 g/mol. The summed E-state index contributed by atoms with van der Waals surface area (Å²) in [6.07, 6.45) is 1.95. The Hall–Kier alpha value is -1.83. The summed E-state index contributed by atoms with van der Waals surface area (Å²) in [6.45, 7) is 0. The van der Waals surface area contributed by atoms with Crippen molar-refractivity contribution in [2.45, 2.75) is 10.6 Å². The number of hydrogen-bond donors (Lipinski definition) is 3. The molecule has 0 heterocycles. The maximum absolute atomic E-state index is 13.0. The summed E-state index contributed by atoms with van der Waals surface area (Å²) < 4.78 is 0. The fraction of sp³-hybridized carbons (Fsp3) is 0.0909. The molecule has 9 heteroatoms. The molecule has 0 fully saturated rings. The predicted molar refractivity (Wildman–Crippen MR) is 135 cm³/mol. The van der Waals surface area contributed by atoms with Crippen molar-refractivity contribution in [3.05, 3.63) is 86.4 Å². The Morgan fingerprint density at radius 3 is 2.26 bits per heavy atom. The number of nitrogens with one attached hydrogen (secondary N) is 2. The normalized spacial score (nSPS) is 10.6. The van der Waals surface area contributed by atoms with Crippen molar-refractivity contribution in [3.8, 4) is 0 Å². The van der Waals surface area contributed by atoms with Gasteiger partial charge in [-0.2, -0.15) is 11.8 Å². The van der Waals surface area contributed by atoms with E-state index >= 15 is 0 Å². The minimum Gasteiger partial charge on any atom is -0.322 e. The van der Waals surface area contributed by atoms with Crippen molar-refractivity contribution < 1.29 is 9.59 Å². The monoisotopic (exact) mass is 510 g/mol. The molecule has 31 heavy (non-hydrogen) atoms. The Bertz CT molecular complexity index is 1140. The molecule has 0 spiro atoms. The third-order valence-corrected chi connectivity index (χ3v) is 6.19. The van der Waals surface area contributed by atoms with E-state index in [0.717, 1.165) is 5.56 Å². The van der Waals surface area contributed by atoms with Gasteiger partial charge in [0.15, 0.2) is 0 Å². The lowest BCUT2D eigenvalue weighted by atomic mass is 10.1. The maximum Gasteiger partial charge on any atom is 0.258 e. The number of thioether (sulfide) groups is 1. The van der Waals surface area contributed by atoms with Crippen LogP contribution in [0, 0.1) is 0 Å². The van der Waals surface area contributed by atoms with E-state index in [1.54, 1.807) is 54.2 Å². The van der Waals surface area contributed by atoms with Gasteiger partial charge in [-0.3, -0.25) is 9.59 Å². The topological polar surface area (TPSA) is 58.2 Å². The van der Waals surface area contributed by atoms with E-state index in [4.69, 9.17) is 34.8 Å². The van der Waals surface area contributed by atoms with Crippen LogP contribution in [0.5, 0.6) is 0 Å². The molecule has 0 radical (unpaired) electrons. The SMILES string of the molecule is CSCc1ccc(S)c(C(=O)Nc2ccc(Cl)cc2C(=O)Nc2ccc(Cl)cc2)c1Cl. The van der Waals surface area contributed by atoms with Crippen LogP contribution in [0.15, 0.2) is 59.5 Å². The number of amides is 2. The molecule has 0 atom stereocenters. The molecule has 2 N–H and O–H groups in total. The minimum atomic E-state index is -0.471. The van der Waals surface area contributed by atoms with Crippen LogP contribution in [0.4, 0.5) is 11.4 Å². The first-order valence-corrected chi connectivity index (χ1v) is 11.9. The van der Waals surface area contributed by atoms with Gasteiger partial charge in [-0.15, -0.1) is 12.6 Å². The van der Waals surface area contributed by atoms with Crippen LogP contribution in [-0.4, -0.2) is 18.1 Å². The van der Waals surface area contributed by atoms with Crippen LogP contribution in [-0.2, 0) is 5.75 Å². The lowest BCUT2D eigenvalue weighted by molar-refractivity contribution is 0.102. The average Bonchev–Trinajstić information content (AvgIpc) is 2.73. The highest BCUT2D eigenvalue weighted by Crippen LogP contribution is 2.31. The Kier molecular flexibility index (Phi) is 8.19. The number of benzene rings is 3. The molecule has 0 bridgehead atoms. The molecule has 0 unspecified atom stereocenters. The second kappa shape index (κ2) is 10.7. The fourth-order valence-electron chi connectivity index (χ4n) is 2.82. The van der Waals surface area contributed by atoms with Crippen LogP contribution >= 0.6 is 59.2 Å². The second-order valence-corrected chi connectivity index (χ2v) is 9.07. The van der Waals surface area contributed by atoms with E-state index in [-0.39, 0.29) is 11.1 Å². The van der Waals surface area contributed by atoms with Crippen LogP contribution in [0.2, 0.25) is 15.1 Å². The molecule has 3 aromatic carbocycles. The van der Waals surface area contributed by atoms with E-state index in [1.807, 2.05) is 12.3 Å².